The van der Waals surface area contributed by atoms with E-state index in [-0.39, 0.29) is 24.5 Å². The van der Waals surface area contributed by atoms with Gasteiger partial charge in [-0.25, -0.2) is 9.59 Å². The van der Waals surface area contributed by atoms with Crippen LogP contribution in [0, 0.1) is 31.6 Å². The molecule has 2 amide bonds. The predicted molar refractivity (Wildman–Crippen MR) is 200 cm³/mol. The zero-order valence-corrected chi connectivity index (χ0v) is 30.5. The van der Waals surface area contributed by atoms with Crippen molar-refractivity contribution in [3.63, 3.8) is 0 Å². The van der Waals surface area contributed by atoms with E-state index in [1.165, 1.54) is 7.11 Å². The number of hydrogen-bond acceptors (Lipinski definition) is 8. The topological polar surface area (TPSA) is 155 Å². The molecule has 4 aromatic rings. The molecule has 1 heterocycles. The third-order valence-electron chi connectivity index (χ3n) is 8.48. The Morgan fingerprint density at radius 1 is 0.961 bits per heavy atom. The average Bonchev–Trinajstić information content (AvgIpc) is 3.09. The van der Waals surface area contributed by atoms with E-state index in [0.29, 0.717) is 51.9 Å². The number of allylic oxidation sites excluding steroid dienone is 1. The van der Waals surface area contributed by atoms with Crippen LogP contribution in [-0.2, 0) is 24.3 Å². The van der Waals surface area contributed by atoms with Crippen LogP contribution in [0.25, 0.3) is 5.69 Å². The third kappa shape index (κ3) is 9.45. The molecule has 0 unspecified atom stereocenters. The van der Waals surface area contributed by atoms with Crippen molar-refractivity contribution in [3.8, 4) is 17.2 Å². The highest BCUT2D eigenvalue weighted by molar-refractivity contribution is 5.97. The minimum absolute atomic E-state index is 0.149. The number of pyridine rings is 1. The fourth-order valence-electron chi connectivity index (χ4n) is 5.27. The summed E-state index contributed by atoms with van der Waals surface area (Å²) in [4.78, 5) is 39.0. The molecule has 1 aromatic heterocycles. The second kappa shape index (κ2) is 16.2. The number of rotatable bonds is 12. The van der Waals surface area contributed by atoms with Crippen molar-refractivity contribution in [2.75, 3.05) is 12.4 Å². The summed E-state index contributed by atoms with van der Waals surface area (Å²) >= 11 is 0. The van der Waals surface area contributed by atoms with Crippen LogP contribution in [0.15, 0.2) is 83.4 Å². The van der Waals surface area contributed by atoms with E-state index in [2.05, 4.69) is 16.0 Å². The van der Waals surface area contributed by atoms with Gasteiger partial charge in [-0.15, -0.1) is 0 Å². The van der Waals surface area contributed by atoms with E-state index in [1.807, 2.05) is 58.9 Å². The number of esters is 1. The van der Waals surface area contributed by atoms with Crippen molar-refractivity contribution in [2.24, 2.45) is 5.41 Å². The second-order valence-electron chi connectivity index (χ2n) is 13.3. The first-order chi connectivity index (χ1) is 24.1. The molecule has 0 radical (unpaired) electrons. The van der Waals surface area contributed by atoms with Crippen molar-refractivity contribution in [3.05, 3.63) is 128 Å². The molecule has 0 aliphatic rings. The minimum Gasteiger partial charge on any atom is -0.508 e. The normalized spacial score (nSPS) is 11.5. The Morgan fingerprint density at radius 3 is 2.33 bits per heavy atom. The van der Waals surface area contributed by atoms with Gasteiger partial charge in [-0.05, 0) is 79.8 Å². The highest BCUT2D eigenvalue weighted by Gasteiger charge is 2.19. The summed E-state index contributed by atoms with van der Waals surface area (Å²) in [6, 6.07) is 19.0. The maximum absolute atomic E-state index is 13.6. The lowest BCUT2D eigenvalue weighted by Crippen LogP contribution is -2.37. The lowest BCUT2D eigenvalue weighted by atomic mass is 9.90. The molecule has 4 rings (SSSR count). The van der Waals surface area contributed by atoms with E-state index in [9.17, 15) is 19.5 Å². The van der Waals surface area contributed by atoms with Crippen LogP contribution in [-0.4, -0.2) is 34.5 Å². The van der Waals surface area contributed by atoms with Gasteiger partial charge in [0.1, 0.15) is 23.9 Å². The van der Waals surface area contributed by atoms with Gasteiger partial charge in [0.15, 0.2) is 0 Å². The second-order valence-corrected chi connectivity index (χ2v) is 13.3. The summed E-state index contributed by atoms with van der Waals surface area (Å²) < 4.78 is 12.6. The highest BCUT2D eigenvalue weighted by Crippen LogP contribution is 2.25. The molecule has 5 N–H and O–H groups in total. The van der Waals surface area contributed by atoms with Crippen LogP contribution in [0.5, 0.6) is 11.5 Å². The average molecular weight is 694 g/mol. The van der Waals surface area contributed by atoms with Gasteiger partial charge < -0.3 is 30.6 Å². The SMILES string of the molecule is CCc1cc(N/C(=C\C(=N)C(C)(C)C)NC(=O)NCc2ccccc2COc2cc(C)n(-c3cc(C(=O)OC)ccc3C)c(=O)c2C)ccc1O. The van der Waals surface area contributed by atoms with Crippen LogP contribution in [0.2, 0.25) is 0 Å². The number of phenolic OH excluding ortho intramolecular Hbond substituents is 1. The number of urea groups is 1. The van der Waals surface area contributed by atoms with Crippen LogP contribution in [0.4, 0.5) is 10.5 Å². The number of amides is 2. The lowest BCUT2D eigenvalue weighted by molar-refractivity contribution is 0.0600. The molecule has 11 heteroatoms. The molecule has 0 atom stereocenters. The van der Waals surface area contributed by atoms with E-state index in [0.717, 1.165) is 22.3 Å². The van der Waals surface area contributed by atoms with Gasteiger partial charge in [0, 0.05) is 41.2 Å². The Hall–Kier alpha value is -5.84. The molecule has 0 saturated heterocycles. The van der Waals surface area contributed by atoms with E-state index in [4.69, 9.17) is 14.9 Å². The van der Waals surface area contributed by atoms with Crippen LogP contribution in [0.3, 0.4) is 0 Å². The molecule has 0 aliphatic heterocycles. The van der Waals surface area contributed by atoms with Crippen molar-refractivity contribution in [1.29, 1.82) is 5.41 Å². The number of nitrogens with one attached hydrogen (secondary N) is 4. The molecule has 0 saturated carbocycles. The molecule has 268 valence electrons. The molecule has 3 aromatic carbocycles. The minimum atomic E-state index is -0.488. The Kier molecular flexibility index (Phi) is 12.1. The number of aromatic nitrogens is 1. The third-order valence-corrected chi connectivity index (χ3v) is 8.48. The van der Waals surface area contributed by atoms with Gasteiger partial charge in [-0.1, -0.05) is 58.0 Å². The van der Waals surface area contributed by atoms with Gasteiger partial charge in [-0.2, -0.15) is 0 Å². The van der Waals surface area contributed by atoms with Crippen LogP contribution < -0.4 is 26.2 Å². The molecule has 0 aliphatic carbocycles. The fourth-order valence-corrected chi connectivity index (χ4v) is 5.27. The van der Waals surface area contributed by atoms with Gasteiger partial charge in [-0.3, -0.25) is 14.7 Å². The van der Waals surface area contributed by atoms with Crippen molar-refractivity contribution in [1.82, 2.24) is 15.2 Å². The lowest BCUT2D eigenvalue weighted by Gasteiger charge is -2.20. The Balaban J connectivity index is 1.49. The number of hydrogen-bond donors (Lipinski definition) is 5. The van der Waals surface area contributed by atoms with Gasteiger partial charge >= 0.3 is 12.0 Å². The maximum Gasteiger partial charge on any atom is 0.337 e. The number of ether oxygens (including phenoxy) is 2. The molecule has 11 nitrogen and oxygen atoms in total. The maximum atomic E-state index is 13.6. The summed E-state index contributed by atoms with van der Waals surface area (Å²) in [5, 5.41) is 27.5. The quantitative estimate of drug-likeness (QED) is 0.0597. The summed E-state index contributed by atoms with van der Waals surface area (Å²) in [7, 11) is 1.31. The first-order valence-electron chi connectivity index (χ1n) is 16.7. The van der Waals surface area contributed by atoms with Gasteiger partial charge in [0.05, 0.1) is 23.9 Å². The Labute approximate surface area is 298 Å². The van der Waals surface area contributed by atoms with Crippen LogP contribution >= 0.6 is 0 Å². The number of phenols is 1. The van der Waals surface area contributed by atoms with Crippen molar-refractivity contribution < 1.29 is 24.2 Å². The zero-order valence-electron chi connectivity index (χ0n) is 30.5. The summed E-state index contributed by atoms with van der Waals surface area (Å²) in [5.41, 5.74) is 5.43. The van der Waals surface area contributed by atoms with Crippen molar-refractivity contribution in [2.45, 2.75) is 68.0 Å². The van der Waals surface area contributed by atoms with Gasteiger partial charge in [0.2, 0.25) is 0 Å². The number of carbonyl (C=O) groups excluding carboxylic acids is 2. The summed E-state index contributed by atoms with van der Waals surface area (Å²) in [5.74, 6) is 0.443. The summed E-state index contributed by atoms with van der Waals surface area (Å²) in [6.07, 6.45) is 2.21. The number of benzene rings is 3. The number of nitrogens with zero attached hydrogens (tertiary/aromatic N) is 1. The fraction of sp³-hybridized carbons (Fsp3) is 0.300. The molecular weight excluding hydrogens is 646 g/mol. The van der Waals surface area contributed by atoms with Crippen LogP contribution in [0.1, 0.15) is 71.6 Å². The molecule has 0 fully saturated rings. The number of aromatic hydroxyl groups is 1. The monoisotopic (exact) mass is 693 g/mol. The zero-order chi connectivity index (χ0) is 37.5. The highest BCUT2D eigenvalue weighted by atomic mass is 16.5. The number of methoxy groups -OCH3 is 1. The number of aryl methyl sites for hydroxylation is 3. The largest absolute Gasteiger partial charge is 0.508 e. The number of carbonyl (C=O) groups is 2. The van der Waals surface area contributed by atoms with Crippen molar-refractivity contribution >= 4 is 23.4 Å². The molecule has 0 bridgehead atoms. The summed E-state index contributed by atoms with van der Waals surface area (Å²) in [6.45, 7) is 13.4. The van der Waals surface area contributed by atoms with E-state index >= 15 is 0 Å². The standard InChI is InChI=1S/C40H47N5O6/c1-9-27-19-31(16-17-33(27)46)43-36(21-35(41)40(5,6)7)44-39(49)42-22-29-12-10-11-13-30(29)23-51-34-18-25(3)45(37(47)26(34)4)32-20-28(38(48)50-8)15-14-24(32)2/h10-21,41,43,46H,9,22-23H2,1-8H3,(H2,42,44,49)/b36-21+,41-35?. The van der Waals surface area contributed by atoms with E-state index < -0.39 is 17.4 Å². The first-order valence-corrected chi connectivity index (χ1v) is 16.7. The Morgan fingerprint density at radius 2 is 1.67 bits per heavy atom. The molecular formula is C40H47N5O6. The molecule has 51 heavy (non-hydrogen) atoms. The van der Waals surface area contributed by atoms with E-state index in [1.54, 1.807) is 67.0 Å². The smallest absolute Gasteiger partial charge is 0.337 e. The molecule has 0 spiro atoms. The predicted octanol–water partition coefficient (Wildman–Crippen LogP) is 7.21. The first kappa shape index (κ1) is 38.0. The Bertz CT molecular complexity index is 2040. The van der Waals surface area contributed by atoms with Gasteiger partial charge in [0.25, 0.3) is 5.56 Å². The number of anilines is 1.